The molecular formula is C18H20O3. The summed E-state index contributed by atoms with van der Waals surface area (Å²) in [4.78, 5) is 11.4. The fourth-order valence-electron chi connectivity index (χ4n) is 2.08. The molecule has 0 atom stereocenters. The second kappa shape index (κ2) is 7.48. The second-order valence-electron chi connectivity index (χ2n) is 4.81. The summed E-state index contributed by atoms with van der Waals surface area (Å²) in [6, 6.07) is 15.8. The Labute approximate surface area is 125 Å². The molecule has 0 N–H and O–H groups in total. The van der Waals surface area contributed by atoms with Gasteiger partial charge in [0.1, 0.15) is 12.4 Å². The summed E-state index contributed by atoms with van der Waals surface area (Å²) in [5.74, 6) is 0.592. The van der Waals surface area contributed by atoms with Crippen LogP contribution in [0.25, 0.3) is 0 Å². The third-order valence-corrected chi connectivity index (χ3v) is 3.41. The molecule has 0 heterocycles. The van der Waals surface area contributed by atoms with E-state index in [9.17, 15) is 4.79 Å². The predicted octanol–water partition coefficient (Wildman–Crippen LogP) is 3.54. The van der Waals surface area contributed by atoms with Crippen molar-refractivity contribution in [3.63, 3.8) is 0 Å². The highest BCUT2D eigenvalue weighted by atomic mass is 16.5. The summed E-state index contributed by atoms with van der Waals surface area (Å²) in [5.41, 5.74) is 3.23. The minimum Gasteiger partial charge on any atom is -0.489 e. The molecule has 110 valence electrons. The minimum absolute atomic E-state index is 0.241. The first-order valence-corrected chi connectivity index (χ1v) is 7.08. The van der Waals surface area contributed by atoms with E-state index < -0.39 is 0 Å². The van der Waals surface area contributed by atoms with Gasteiger partial charge in [0.05, 0.1) is 13.5 Å². The van der Waals surface area contributed by atoms with Crippen molar-refractivity contribution in [2.24, 2.45) is 0 Å². The first kappa shape index (κ1) is 15.1. The molecule has 0 fully saturated rings. The standard InChI is InChI=1S/C18H20O3/c1-3-14-8-10-17(11-9-14)21-13-16-7-5-4-6-15(16)12-18(19)20-2/h4-11H,3,12-13H2,1-2H3. The molecular weight excluding hydrogens is 264 g/mol. The molecule has 0 bridgehead atoms. The first-order valence-electron chi connectivity index (χ1n) is 7.08. The minimum atomic E-state index is -0.241. The lowest BCUT2D eigenvalue weighted by Crippen LogP contribution is -2.08. The molecule has 3 nitrogen and oxygen atoms in total. The van der Waals surface area contributed by atoms with Crippen LogP contribution in [0.5, 0.6) is 5.75 Å². The van der Waals surface area contributed by atoms with Crippen LogP contribution < -0.4 is 4.74 Å². The van der Waals surface area contributed by atoms with E-state index >= 15 is 0 Å². The topological polar surface area (TPSA) is 35.5 Å². The maximum Gasteiger partial charge on any atom is 0.309 e. The largest absolute Gasteiger partial charge is 0.489 e. The molecule has 0 amide bonds. The van der Waals surface area contributed by atoms with E-state index in [0.29, 0.717) is 6.61 Å². The first-order chi connectivity index (χ1) is 10.2. The number of carbonyl (C=O) groups is 1. The lowest BCUT2D eigenvalue weighted by Gasteiger charge is -2.11. The number of rotatable bonds is 6. The molecule has 0 saturated carbocycles. The maximum atomic E-state index is 11.4. The zero-order valence-corrected chi connectivity index (χ0v) is 12.5. The maximum absolute atomic E-state index is 11.4. The molecule has 0 aliphatic heterocycles. The Morgan fingerprint density at radius 1 is 1.00 bits per heavy atom. The Hall–Kier alpha value is -2.29. The Morgan fingerprint density at radius 2 is 1.67 bits per heavy atom. The van der Waals surface area contributed by atoms with Gasteiger partial charge in [-0.05, 0) is 35.2 Å². The van der Waals surface area contributed by atoms with Crippen molar-refractivity contribution >= 4 is 5.97 Å². The van der Waals surface area contributed by atoms with Gasteiger partial charge in [0.2, 0.25) is 0 Å². The molecule has 0 saturated heterocycles. The molecule has 0 aliphatic carbocycles. The summed E-state index contributed by atoms with van der Waals surface area (Å²) in [6.07, 6.45) is 1.28. The van der Waals surface area contributed by atoms with Gasteiger partial charge in [-0.2, -0.15) is 0 Å². The van der Waals surface area contributed by atoms with Crippen LogP contribution >= 0.6 is 0 Å². The van der Waals surface area contributed by atoms with Crippen molar-refractivity contribution in [1.29, 1.82) is 0 Å². The Kier molecular flexibility index (Phi) is 5.38. The smallest absolute Gasteiger partial charge is 0.309 e. The van der Waals surface area contributed by atoms with Crippen LogP contribution in [0.1, 0.15) is 23.6 Å². The van der Waals surface area contributed by atoms with Gasteiger partial charge in [0, 0.05) is 0 Å². The highest BCUT2D eigenvalue weighted by molar-refractivity contribution is 5.72. The van der Waals surface area contributed by atoms with E-state index in [-0.39, 0.29) is 12.4 Å². The molecule has 0 radical (unpaired) electrons. The summed E-state index contributed by atoms with van der Waals surface area (Å²) >= 11 is 0. The second-order valence-corrected chi connectivity index (χ2v) is 4.81. The van der Waals surface area contributed by atoms with Crippen molar-refractivity contribution in [3.8, 4) is 5.75 Å². The van der Waals surface area contributed by atoms with Gasteiger partial charge in [0.25, 0.3) is 0 Å². The number of carbonyl (C=O) groups excluding carboxylic acids is 1. The van der Waals surface area contributed by atoms with E-state index in [1.54, 1.807) is 0 Å². The molecule has 0 spiro atoms. The summed E-state index contributed by atoms with van der Waals surface area (Å²) < 4.78 is 10.5. The number of benzene rings is 2. The number of hydrogen-bond donors (Lipinski definition) is 0. The fraction of sp³-hybridized carbons (Fsp3) is 0.278. The highest BCUT2D eigenvalue weighted by Crippen LogP contribution is 2.17. The summed E-state index contributed by atoms with van der Waals surface area (Å²) in [7, 11) is 1.40. The zero-order valence-electron chi connectivity index (χ0n) is 12.5. The lowest BCUT2D eigenvalue weighted by molar-refractivity contribution is -0.139. The molecule has 21 heavy (non-hydrogen) atoms. The molecule has 0 aromatic heterocycles. The van der Waals surface area contributed by atoms with Crippen molar-refractivity contribution in [3.05, 3.63) is 65.2 Å². The van der Waals surface area contributed by atoms with E-state index in [2.05, 4.69) is 19.1 Å². The van der Waals surface area contributed by atoms with Gasteiger partial charge >= 0.3 is 5.97 Å². The third kappa shape index (κ3) is 4.35. The highest BCUT2D eigenvalue weighted by Gasteiger charge is 2.08. The Balaban J connectivity index is 2.03. The van der Waals surface area contributed by atoms with Gasteiger partial charge in [-0.1, -0.05) is 43.3 Å². The predicted molar refractivity (Wildman–Crippen MR) is 82.3 cm³/mol. The SMILES string of the molecule is CCc1ccc(OCc2ccccc2CC(=O)OC)cc1. The van der Waals surface area contributed by atoms with E-state index in [4.69, 9.17) is 9.47 Å². The number of ether oxygens (including phenoxy) is 2. The average Bonchev–Trinajstić information content (AvgIpc) is 2.54. The van der Waals surface area contributed by atoms with E-state index in [1.807, 2.05) is 36.4 Å². The Bertz CT molecular complexity index is 588. The number of esters is 1. The van der Waals surface area contributed by atoms with Gasteiger partial charge in [-0.3, -0.25) is 4.79 Å². The normalized spacial score (nSPS) is 10.2. The van der Waals surface area contributed by atoms with Crippen LogP contribution in [0.4, 0.5) is 0 Å². The van der Waals surface area contributed by atoms with Crippen molar-refractivity contribution in [2.45, 2.75) is 26.4 Å². The molecule has 0 aliphatic rings. The van der Waals surface area contributed by atoms with Crippen LogP contribution in [0, 0.1) is 0 Å². The molecule has 0 unspecified atom stereocenters. The average molecular weight is 284 g/mol. The fourth-order valence-corrected chi connectivity index (χ4v) is 2.08. The van der Waals surface area contributed by atoms with Gasteiger partial charge in [-0.15, -0.1) is 0 Å². The molecule has 2 aromatic carbocycles. The number of methoxy groups -OCH3 is 1. The van der Waals surface area contributed by atoms with Crippen LogP contribution in [-0.4, -0.2) is 13.1 Å². The van der Waals surface area contributed by atoms with Gasteiger partial charge < -0.3 is 9.47 Å². The lowest BCUT2D eigenvalue weighted by atomic mass is 10.1. The number of aryl methyl sites for hydroxylation is 1. The van der Waals surface area contributed by atoms with E-state index in [1.165, 1.54) is 12.7 Å². The molecule has 3 heteroatoms. The zero-order chi connectivity index (χ0) is 15.1. The van der Waals surface area contributed by atoms with Crippen molar-refractivity contribution in [2.75, 3.05) is 7.11 Å². The van der Waals surface area contributed by atoms with Crippen molar-refractivity contribution in [1.82, 2.24) is 0 Å². The van der Waals surface area contributed by atoms with Crippen LogP contribution in [0.15, 0.2) is 48.5 Å². The van der Waals surface area contributed by atoms with Crippen LogP contribution in [-0.2, 0) is 29.0 Å². The Morgan fingerprint density at radius 3 is 2.29 bits per heavy atom. The summed E-state index contributed by atoms with van der Waals surface area (Å²) in [5, 5.41) is 0. The quantitative estimate of drug-likeness (QED) is 0.761. The molecule has 2 aromatic rings. The van der Waals surface area contributed by atoms with E-state index in [0.717, 1.165) is 23.3 Å². The van der Waals surface area contributed by atoms with Crippen molar-refractivity contribution < 1.29 is 14.3 Å². The van der Waals surface area contributed by atoms with Gasteiger partial charge in [0.15, 0.2) is 0 Å². The number of hydrogen-bond acceptors (Lipinski definition) is 3. The molecule has 2 rings (SSSR count). The van der Waals surface area contributed by atoms with Crippen LogP contribution in [0.3, 0.4) is 0 Å². The van der Waals surface area contributed by atoms with Crippen LogP contribution in [0.2, 0.25) is 0 Å². The summed E-state index contributed by atoms with van der Waals surface area (Å²) in [6.45, 7) is 2.57. The monoisotopic (exact) mass is 284 g/mol. The third-order valence-electron chi connectivity index (χ3n) is 3.41. The van der Waals surface area contributed by atoms with Gasteiger partial charge in [-0.25, -0.2) is 0 Å².